The Bertz CT molecular complexity index is 636. The average molecular weight is 276 g/mol. The summed E-state index contributed by atoms with van der Waals surface area (Å²) in [5.74, 6) is -1.31. The van der Waals surface area contributed by atoms with Crippen molar-refractivity contribution in [1.82, 2.24) is 0 Å². The topological polar surface area (TPSA) is 41.1 Å². The Kier molecular flexibility index (Phi) is 3.98. The molecule has 0 radical (unpaired) electrons. The molecule has 3 nitrogen and oxygen atoms in total. The molecule has 5 heteroatoms. The summed E-state index contributed by atoms with van der Waals surface area (Å²) >= 11 is 0. The summed E-state index contributed by atoms with van der Waals surface area (Å²) in [5, 5.41) is 4.92. The molecule has 2 amide bonds. The first-order valence-corrected chi connectivity index (χ1v) is 6.06. The van der Waals surface area contributed by atoms with Gasteiger partial charge in [0.1, 0.15) is 11.6 Å². The normalized spacial score (nSPS) is 10.2. The summed E-state index contributed by atoms with van der Waals surface area (Å²) in [6.45, 7) is 3.71. The van der Waals surface area contributed by atoms with E-state index in [0.717, 1.165) is 29.3 Å². The van der Waals surface area contributed by atoms with Crippen molar-refractivity contribution < 1.29 is 13.6 Å². The number of urea groups is 1. The van der Waals surface area contributed by atoms with E-state index in [0.29, 0.717) is 5.69 Å². The molecule has 2 aromatic rings. The van der Waals surface area contributed by atoms with Crippen LogP contribution in [0.5, 0.6) is 0 Å². The Balaban J connectivity index is 2.15. The Morgan fingerprint density at radius 1 is 1.00 bits per heavy atom. The van der Waals surface area contributed by atoms with Crippen molar-refractivity contribution in [3.05, 3.63) is 59.2 Å². The molecule has 0 saturated heterocycles. The minimum atomic E-state index is -0.692. The van der Waals surface area contributed by atoms with Crippen LogP contribution < -0.4 is 10.6 Å². The van der Waals surface area contributed by atoms with E-state index in [1.165, 1.54) is 0 Å². The van der Waals surface area contributed by atoms with Crippen LogP contribution in [0, 0.1) is 25.5 Å². The van der Waals surface area contributed by atoms with E-state index >= 15 is 0 Å². The highest BCUT2D eigenvalue weighted by Crippen LogP contribution is 2.20. The maximum atomic E-state index is 13.4. The molecule has 0 heterocycles. The third kappa shape index (κ3) is 3.12. The summed E-state index contributed by atoms with van der Waals surface area (Å²) in [6, 6.07) is 7.84. The van der Waals surface area contributed by atoms with Gasteiger partial charge in [-0.1, -0.05) is 18.2 Å². The molecular formula is C15H14F2N2O. The highest BCUT2D eigenvalue weighted by atomic mass is 19.1. The molecule has 0 aliphatic carbocycles. The number of halogens is 2. The van der Waals surface area contributed by atoms with E-state index in [9.17, 15) is 13.6 Å². The van der Waals surface area contributed by atoms with Crippen LogP contribution in [-0.4, -0.2) is 6.03 Å². The zero-order chi connectivity index (χ0) is 14.7. The summed E-state index contributed by atoms with van der Waals surface area (Å²) in [7, 11) is 0. The number of anilines is 2. The summed E-state index contributed by atoms with van der Waals surface area (Å²) in [5.41, 5.74) is 2.23. The molecule has 20 heavy (non-hydrogen) atoms. The molecule has 0 aliphatic heterocycles. The Hall–Kier alpha value is -2.43. The molecule has 0 unspecified atom stereocenters. The number of amides is 2. The van der Waals surface area contributed by atoms with Gasteiger partial charge in [-0.25, -0.2) is 13.6 Å². The predicted molar refractivity (Wildman–Crippen MR) is 74.9 cm³/mol. The fourth-order valence-corrected chi connectivity index (χ4v) is 1.87. The van der Waals surface area contributed by atoms with Gasteiger partial charge in [0.05, 0.1) is 5.69 Å². The van der Waals surface area contributed by atoms with Gasteiger partial charge in [-0.3, -0.25) is 0 Å². The van der Waals surface area contributed by atoms with Gasteiger partial charge in [-0.15, -0.1) is 0 Å². The zero-order valence-corrected chi connectivity index (χ0v) is 11.1. The van der Waals surface area contributed by atoms with E-state index in [1.54, 1.807) is 0 Å². The molecule has 2 N–H and O–H groups in total. The molecule has 0 atom stereocenters. The quantitative estimate of drug-likeness (QED) is 0.847. The largest absolute Gasteiger partial charge is 0.323 e. The van der Waals surface area contributed by atoms with Crippen molar-refractivity contribution in [2.75, 3.05) is 10.6 Å². The number of aryl methyl sites for hydroxylation is 2. The van der Waals surface area contributed by atoms with Crippen molar-refractivity contribution in [2.45, 2.75) is 13.8 Å². The Labute approximate surface area is 115 Å². The molecule has 2 rings (SSSR count). The second-order valence-corrected chi connectivity index (χ2v) is 4.47. The molecule has 0 aromatic heterocycles. The fourth-order valence-electron chi connectivity index (χ4n) is 1.87. The summed E-state index contributed by atoms with van der Waals surface area (Å²) in [4.78, 5) is 11.8. The van der Waals surface area contributed by atoms with Crippen LogP contribution in [0.15, 0.2) is 36.4 Å². The van der Waals surface area contributed by atoms with E-state index < -0.39 is 17.7 Å². The molecule has 0 saturated carbocycles. The Morgan fingerprint density at radius 2 is 1.65 bits per heavy atom. The minimum Gasteiger partial charge on any atom is -0.307 e. The molecule has 0 fully saturated rings. The van der Waals surface area contributed by atoms with Crippen LogP contribution in [0.3, 0.4) is 0 Å². The number of carbonyl (C=O) groups excluding carboxylic acids is 1. The van der Waals surface area contributed by atoms with Crippen LogP contribution in [0.1, 0.15) is 11.1 Å². The van der Waals surface area contributed by atoms with Gasteiger partial charge in [0.15, 0.2) is 0 Å². The van der Waals surface area contributed by atoms with Crippen LogP contribution >= 0.6 is 0 Å². The molecule has 104 valence electrons. The van der Waals surface area contributed by atoms with Crippen molar-refractivity contribution in [2.24, 2.45) is 0 Å². The highest BCUT2D eigenvalue weighted by molar-refractivity contribution is 6.00. The van der Waals surface area contributed by atoms with Crippen molar-refractivity contribution >= 4 is 17.4 Å². The third-order valence-electron chi connectivity index (χ3n) is 2.90. The SMILES string of the molecule is Cc1cccc(C)c1NC(=O)Nc1cc(F)ccc1F. The molecule has 0 spiro atoms. The molecule has 2 aromatic carbocycles. The summed E-state index contributed by atoms with van der Waals surface area (Å²) in [6.07, 6.45) is 0. The Morgan fingerprint density at radius 3 is 2.30 bits per heavy atom. The summed E-state index contributed by atoms with van der Waals surface area (Å²) < 4.78 is 26.4. The third-order valence-corrected chi connectivity index (χ3v) is 2.90. The van der Waals surface area contributed by atoms with E-state index in [2.05, 4.69) is 10.6 Å². The maximum Gasteiger partial charge on any atom is 0.323 e. The smallest absolute Gasteiger partial charge is 0.307 e. The van der Waals surface area contributed by atoms with Crippen LogP contribution in [0.25, 0.3) is 0 Å². The van der Waals surface area contributed by atoms with E-state index in [4.69, 9.17) is 0 Å². The second-order valence-electron chi connectivity index (χ2n) is 4.47. The number of rotatable bonds is 2. The first-order valence-electron chi connectivity index (χ1n) is 6.06. The van der Waals surface area contributed by atoms with Crippen LogP contribution in [0.4, 0.5) is 25.0 Å². The number of benzene rings is 2. The van der Waals surface area contributed by atoms with E-state index in [1.807, 2.05) is 32.0 Å². The predicted octanol–water partition coefficient (Wildman–Crippen LogP) is 4.23. The van der Waals surface area contributed by atoms with Gasteiger partial charge in [-0.2, -0.15) is 0 Å². The lowest BCUT2D eigenvalue weighted by atomic mass is 10.1. The average Bonchev–Trinajstić information content (AvgIpc) is 2.38. The second kappa shape index (κ2) is 5.69. The number of carbonyl (C=O) groups is 1. The van der Waals surface area contributed by atoms with Gasteiger partial charge < -0.3 is 10.6 Å². The molecule has 0 bridgehead atoms. The monoisotopic (exact) mass is 276 g/mol. The lowest BCUT2D eigenvalue weighted by Crippen LogP contribution is -2.21. The first-order chi connectivity index (χ1) is 9.47. The standard InChI is InChI=1S/C15H14F2N2O/c1-9-4-3-5-10(2)14(9)19-15(20)18-13-8-11(16)6-7-12(13)17/h3-8H,1-2H3,(H2,18,19,20). The van der Waals surface area contributed by atoms with Crippen molar-refractivity contribution in [3.8, 4) is 0 Å². The van der Waals surface area contributed by atoms with Gasteiger partial charge in [0.25, 0.3) is 0 Å². The first kappa shape index (κ1) is 14.0. The van der Waals surface area contributed by atoms with Gasteiger partial charge >= 0.3 is 6.03 Å². The lowest BCUT2D eigenvalue weighted by Gasteiger charge is -2.12. The molecule has 0 aliphatic rings. The number of para-hydroxylation sites is 1. The number of hydrogen-bond acceptors (Lipinski definition) is 1. The maximum absolute atomic E-state index is 13.4. The van der Waals surface area contributed by atoms with Gasteiger partial charge in [0.2, 0.25) is 0 Å². The van der Waals surface area contributed by atoms with Crippen molar-refractivity contribution in [1.29, 1.82) is 0 Å². The van der Waals surface area contributed by atoms with Crippen LogP contribution in [-0.2, 0) is 0 Å². The van der Waals surface area contributed by atoms with Crippen LogP contribution in [0.2, 0.25) is 0 Å². The minimum absolute atomic E-state index is 0.200. The van der Waals surface area contributed by atoms with E-state index in [-0.39, 0.29) is 5.69 Å². The molecular weight excluding hydrogens is 262 g/mol. The zero-order valence-electron chi connectivity index (χ0n) is 11.1. The fraction of sp³-hybridized carbons (Fsp3) is 0.133. The van der Waals surface area contributed by atoms with Gasteiger partial charge in [-0.05, 0) is 37.1 Å². The van der Waals surface area contributed by atoms with Crippen molar-refractivity contribution in [3.63, 3.8) is 0 Å². The number of hydrogen-bond donors (Lipinski definition) is 2. The lowest BCUT2D eigenvalue weighted by molar-refractivity contribution is 0.262. The van der Waals surface area contributed by atoms with Gasteiger partial charge in [0, 0.05) is 11.8 Å². The highest BCUT2D eigenvalue weighted by Gasteiger charge is 2.10. The number of nitrogens with one attached hydrogen (secondary N) is 2.